The molecule has 0 unspecified atom stereocenters. The Morgan fingerprint density at radius 2 is 0.938 bits per heavy atom. The first-order valence-corrected chi connectivity index (χ1v) is 16.5. The van der Waals surface area contributed by atoms with E-state index in [9.17, 15) is 57.1 Å². The molecule has 0 saturated heterocycles. The largest absolute Gasteiger partial charge is 0.460 e. The minimum atomic E-state index is -7.89. The summed E-state index contributed by atoms with van der Waals surface area (Å²) in [5.41, 5.74) is -1.77. The van der Waals surface area contributed by atoms with E-state index in [1.165, 1.54) is 19.6 Å². The fourth-order valence-electron chi connectivity index (χ4n) is 2.49. The molecule has 1 heterocycles. The van der Waals surface area contributed by atoms with E-state index < -0.39 is 62.0 Å². The number of rotatable bonds is 7. The summed E-state index contributed by atoms with van der Waals surface area (Å²) in [6, 6.07) is 0.439. The van der Waals surface area contributed by atoms with Crippen LogP contribution >= 0.6 is 11.3 Å². The molecule has 188 valence electrons. The van der Waals surface area contributed by atoms with E-state index in [0.717, 1.165) is 0 Å². The van der Waals surface area contributed by atoms with Gasteiger partial charge in [0.25, 0.3) is 0 Å². The lowest BCUT2D eigenvalue weighted by Crippen LogP contribution is -2.69. The zero-order chi connectivity index (χ0) is 26.1. The fraction of sp³-hybridized carbons (Fsp3) is 0.750. The van der Waals surface area contributed by atoms with Gasteiger partial charge in [0.15, 0.2) is 0 Å². The Balaban J connectivity index is 3.86. The molecule has 0 N–H and O–H groups in total. The normalized spacial score (nSPS) is 16.0. The average Bonchev–Trinajstić information content (AvgIpc) is 2.99. The van der Waals surface area contributed by atoms with Crippen LogP contribution in [0.25, 0.3) is 0 Å². The molecule has 0 amide bonds. The number of hydrogen-bond acceptors (Lipinski definition) is 1. The third-order valence-corrected chi connectivity index (χ3v) is 12.7. The van der Waals surface area contributed by atoms with Crippen LogP contribution in [0.4, 0.5) is 57.1 Å². The van der Waals surface area contributed by atoms with Gasteiger partial charge in [-0.3, -0.25) is 0 Å². The molecule has 0 saturated carbocycles. The minimum absolute atomic E-state index is 0.107. The summed E-state index contributed by atoms with van der Waals surface area (Å²) in [4.78, 5) is 0. The fourth-order valence-corrected chi connectivity index (χ4v) is 8.19. The number of alkyl halides is 13. The van der Waals surface area contributed by atoms with Gasteiger partial charge in [0.05, 0.1) is 16.1 Å². The van der Waals surface area contributed by atoms with Crippen molar-refractivity contribution >= 4 is 36.5 Å². The van der Waals surface area contributed by atoms with Crippen molar-refractivity contribution in [1.82, 2.24) is 0 Å². The predicted molar refractivity (Wildman–Crippen MR) is 100 cm³/mol. The summed E-state index contributed by atoms with van der Waals surface area (Å²) in [6.07, 6.45) is -7.41. The maximum Gasteiger partial charge on any atom is 0.460 e. The minimum Gasteiger partial charge on any atom is -0.194 e. The zero-order valence-corrected chi connectivity index (χ0v) is 20.2. The summed E-state index contributed by atoms with van der Waals surface area (Å²) < 4.78 is 175. The SMILES string of the molecule is C[Si](C)(C)c1cc(C(F)(F)C(F)(F)C(F)(F)C(F)(F)C(F)(F)C(F)(F)F)c([Si](C)(C)C)s1. The van der Waals surface area contributed by atoms with Crippen molar-refractivity contribution in [3.63, 3.8) is 0 Å². The topological polar surface area (TPSA) is 0 Å². The lowest BCUT2D eigenvalue weighted by atomic mass is 9.91. The number of hydrogen-bond donors (Lipinski definition) is 0. The van der Waals surface area contributed by atoms with Gasteiger partial charge >= 0.3 is 35.8 Å². The average molecular weight is 547 g/mol. The van der Waals surface area contributed by atoms with E-state index >= 15 is 0 Å². The number of halogens is 13. The van der Waals surface area contributed by atoms with Crippen LogP contribution in [0.1, 0.15) is 5.56 Å². The molecule has 0 aliphatic rings. The van der Waals surface area contributed by atoms with Crippen LogP contribution in [0.3, 0.4) is 0 Å². The van der Waals surface area contributed by atoms with Crippen LogP contribution in [-0.2, 0) is 5.92 Å². The third kappa shape index (κ3) is 4.23. The summed E-state index contributed by atoms with van der Waals surface area (Å²) in [5.74, 6) is -36.9. The molecule has 32 heavy (non-hydrogen) atoms. The Morgan fingerprint density at radius 3 is 1.25 bits per heavy atom. The van der Waals surface area contributed by atoms with Crippen LogP contribution in [0.15, 0.2) is 6.07 Å². The van der Waals surface area contributed by atoms with Gasteiger partial charge in [0.2, 0.25) is 0 Å². The molecule has 0 nitrogen and oxygen atoms in total. The van der Waals surface area contributed by atoms with Gasteiger partial charge in [0, 0.05) is 5.56 Å². The molecule has 0 aliphatic heterocycles. The molecule has 0 radical (unpaired) electrons. The van der Waals surface area contributed by atoms with Gasteiger partial charge in [-0.1, -0.05) is 39.3 Å². The smallest absolute Gasteiger partial charge is 0.194 e. The van der Waals surface area contributed by atoms with Crippen molar-refractivity contribution in [2.45, 2.75) is 75.1 Å². The van der Waals surface area contributed by atoms with Crippen molar-refractivity contribution in [2.24, 2.45) is 0 Å². The Hall–Kier alpha value is -0.776. The van der Waals surface area contributed by atoms with Crippen LogP contribution in [-0.4, -0.2) is 46.0 Å². The van der Waals surface area contributed by atoms with Crippen molar-refractivity contribution in [1.29, 1.82) is 0 Å². The first-order chi connectivity index (χ1) is 13.6. The van der Waals surface area contributed by atoms with Gasteiger partial charge in [0.1, 0.15) is 0 Å². The molecule has 0 atom stereocenters. The van der Waals surface area contributed by atoms with Gasteiger partial charge in [-0.05, 0) is 15.1 Å². The first kappa shape index (κ1) is 29.3. The van der Waals surface area contributed by atoms with Gasteiger partial charge in [-0.15, -0.1) is 0 Å². The first-order valence-electron chi connectivity index (χ1n) is 8.69. The van der Waals surface area contributed by atoms with E-state index in [1.807, 2.05) is 0 Å². The molecule has 0 aliphatic carbocycles. The van der Waals surface area contributed by atoms with Gasteiger partial charge in [-0.2, -0.15) is 68.4 Å². The maximum atomic E-state index is 14.8. The molecule has 0 spiro atoms. The van der Waals surface area contributed by atoms with E-state index in [0.29, 0.717) is 17.4 Å². The molecular weight excluding hydrogens is 527 g/mol. The van der Waals surface area contributed by atoms with Crippen LogP contribution in [0, 0.1) is 0 Å². The van der Waals surface area contributed by atoms with Gasteiger partial charge < -0.3 is 0 Å². The van der Waals surface area contributed by atoms with Crippen molar-refractivity contribution < 1.29 is 57.1 Å². The highest BCUT2D eigenvalue weighted by Gasteiger charge is 2.91. The van der Waals surface area contributed by atoms with Crippen molar-refractivity contribution in [3.05, 3.63) is 11.6 Å². The summed E-state index contributed by atoms with van der Waals surface area (Å²) in [7, 11) is -5.57. The van der Waals surface area contributed by atoms with E-state index in [4.69, 9.17) is 0 Å². The molecule has 0 fully saturated rings. The molecule has 0 bridgehead atoms. The molecule has 1 rings (SSSR count). The van der Waals surface area contributed by atoms with Gasteiger partial charge in [-0.25, -0.2) is 0 Å². The third-order valence-electron chi connectivity index (χ3n) is 4.42. The number of thiophene rings is 1. The molecular formula is C16H19F13SSi2. The standard InChI is InChI=1S/C16H19F13SSi2/c1-31(2,3)9-7-8(10(30-9)32(4,5)6)11(17,18)12(19,20)13(21,22)14(23,24)15(25,26)16(27,28)29/h7H,1-6H3. The lowest BCUT2D eigenvalue weighted by molar-refractivity contribution is -0.441. The maximum absolute atomic E-state index is 14.8. The monoisotopic (exact) mass is 546 g/mol. The van der Waals surface area contributed by atoms with E-state index in [1.54, 1.807) is 19.6 Å². The zero-order valence-electron chi connectivity index (χ0n) is 17.4. The highest BCUT2D eigenvalue weighted by molar-refractivity contribution is 7.35. The van der Waals surface area contributed by atoms with Crippen LogP contribution in [0.2, 0.25) is 39.3 Å². The molecule has 1 aromatic heterocycles. The summed E-state index contributed by atoms with van der Waals surface area (Å²) in [5, 5.41) is 0. The molecule has 1 aromatic rings. The quantitative estimate of drug-likeness (QED) is 0.254. The predicted octanol–water partition coefficient (Wildman–Crippen LogP) is 7.03. The Morgan fingerprint density at radius 1 is 0.562 bits per heavy atom. The lowest BCUT2D eigenvalue weighted by Gasteiger charge is -2.40. The Labute approximate surface area is 180 Å². The van der Waals surface area contributed by atoms with Crippen LogP contribution < -0.4 is 9.00 Å². The summed E-state index contributed by atoms with van der Waals surface area (Å²) >= 11 is 0.594. The summed E-state index contributed by atoms with van der Waals surface area (Å²) in [6.45, 7) is 8.82. The second kappa shape index (κ2) is 7.61. The van der Waals surface area contributed by atoms with Crippen LogP contribution in [0.5, 0.6) is 0 Å². The molecule has 0 aromatic carbocycles. The highest BCUT2D eigenvalue weighted by Crippen LogP contribution is 2.62. The highest BCUT2D eigenvalue weighted by atomic mass is 32.1. The van der Waals surface area contributed by atoms with E-state index in [-0.39, 0.29) is 4.50 Å². The molecule has 16 heteroatoms. The Bertz CT molecular complexity index is 842. The van der Waals surface area contributed by atoms with E-state index in [2.05, 4.69) is 0 Å². The van der Waals surface area contributed by atoms with Crippen molar-refractivity contribution in [2.75, 3.05) is 0 Å². The second-order valence-electron chi connectivity index (χ2n) is 9.22. The Kier molecular flexibility index (Phi) is 6.96. The second-order valence-corrected chi connectivity index (χ2v) is 21.0. The van der Waals surface area contributed by atoms with Crippen molar-refractivity contribution in [3.8, 4) is 0 Å².